The SMILES string of the molecule is COc1ccc(C#Cc2ccc3c(c2)OCC(C)(C)CO3)cc1. The molecule has 2 aromatic carbocycles. The molecule has 3 nitrogen and oxygen atoms in total. The minimum Gasteiger partial charge on any atom is -0.497 e. The van der Waals surface area contributed by atoms with Crippen LogP contribution in [0.4, 0.5) is 0 Å². The third-order valence-corrected chi connectivity index (χ3v) is 3.62. The summed E-state index contributed by atoms with van der Waals surface area (Å²) in [5.74, 6) is 8.68. The van der Waals surface area contributed by atoms with Crippen LogP contribution in [0.5, 0.6) is 17.2 Å². The molecule has 0 fully saturated rings. The molecule has 3 rings (SSSR count). The van der Waals surface area contributed by atoms with Crippen LogP contribution in [0.2, 0.25) is 0 Å². The fraction of sp³-hybridized carbons (Fsp3) is 0.300. The van der Waals surface area contributed by atoms with Gasteiger partial charge in [0.05, 0.1) is 20.3 Å². The first kappa shape index (κ1) is 15.3. The predicted molar refractivity (Wildman–Crippen MR) is 90.2 cm³/mol. The first-order valence-electron chi connectivity index (χ1n) is 7.61. The lowest BCUT2D eigenvalue weighted by atomic mass is 9.97. The molecule has 1 heterocycles. The first-order valence-corrected chi connectivity index (χ1v) is 7.61. The minimum atomic E-state index is 0.00789. The topological polar surface area (TPSA) is 27.7 Å². The van der Waals surface area contributed by atoms with E-state index >= 15 is 0 Å². The van der Waals surface area contributed by atoms with Crippen molar-refractivity contribution in [1.82, 2.24) is 0 Å². The number of fused-ring (bicyclic) bond motifs is 1. The second-order valence-corrected chi connectivity index (χ2v) is 6.38. The van der Waals surface area contributed by atoms with Gasteiger partial charge < -0.3 is 14.2 Å². The van der Waals surface area contributed by atoms with E-state index in [9.17, 15) is 0 Å². The Balaban J connectivity index is 1.80. The van der Waals surface area contributed by atoms with Gasteiger partial charge in [-0.2, -0.15) is 0 Å². The quantitative estimate of drug-likeness (QED) is 0.748. The van der Waals surface area contributed by atoms with Gasteiger partial charge in [-0.15, -0.1) is 0 Å². The predicted octanol–water partition coefficient (Wildman–Crippen LogP) is 3.89. The fourth-order valence-corrected chi connectivity index (χ4v) is 2.22. The van der Waals surface area contributed by atoms with Crippen LogP contribution in [-0.2, 0) is 0 Å². The lowest BCUT2D eigenvalue weighted by molar-refractivity contribution is 0.140. The van der Waals surface area contributed by atoms with Gasteiger partial charge in [-0.05, 0) is 42.5 Å². The molecule has 0 unspecified atom stereocenters. The van der Waals surface area contributed by atoms with Gasteiger partial charge in [-0.25, -0.2) is 0 Å². The van der Waals surface area contributed by atoms with E-state index in [1.54, 1.807) is 7.11 Å². The van der Waals surface area contributed by atoms with E-state index in [2.05, 4.69) is 25.7 Å². The summed E-state index contributed by atoms with van der Waals surface area (Å²) in [6.07, 6.45) is 0. The number of methoxy groups -OCH3 is 1. The molecule has 1 aliphatic heterocycles. The Morgan fingerprint density at radius 3 is 2.17 bits per heavy atom. The smallest absolute Gasteiger partial charge is 0.162 e. The van der Waals surface area contributed by atoms with Gasteiger partial charge in [-0.3, -0.25) is 0 Å². The van der Waals surface area contributed by atoms with Crippen molar-refractivity contribution in [3.8, 4) is 29.1 Å². The van der Waals surface area contributed by atoms with Crippen molar-refractivity contribution < 1.29 is 14.2 Å². The number of hydrogen-bond donors (Lipinski definition) is 0. The fourth-order valence-electron chi connectivity index (χ4n) is 2.22. The molecule has 2 aromatic rings. The van der Waals surface area contributed by atoms with E-state index in [1.165, 1.54) is 0 Å². The van der Waals surface area contributed by atoms with E-state index < -0.39 is 0 Å². The maximum absolute atomic E-state index is 5.88. The third-order valence-electron chi connectivity index (χ3n) is 3.62. The molecule has 0 amide bonds. The standard InChI is InChI=1S/C20H20O3/c1-20(2)13-22-18-11-8-16(12-19(18)23-14-20)5-4-15-6-9-17(21-3)10-7-15/h6-12H,13-14H2,1-3H3. The lowest BCUT2D eigenvalue weighted by Crippen LogP contribution is -2.26. The molecule has 0 saturated heterocycles. The molecular weight excluding hydrogens is 288 g/mol. The minimum absolute atomic E-state index is 0.00789. The summed E-state index contributed by atoms with van der Waals surface area (Å²) in [5, 5.41) is 0. The zero-order valence-corrected chi connectivity index (χ0v) is 13.7. The summed E-state index contributed by atoms with van der Waals surface area (Å²) in [6, 6.07) is 13.5. The van der Waals surface area contributed by atoms with Crippen molar-refractivity contribution >= 4 is 0 Å². The van der Waals surface area contributed by atoms with E-state index in [1.807, 2.05) is 42.5 Å². The molecule has 23 heavy (non-hydrogen) atoms. The molecule has 3 heteroatoms. The second kappa shape index (κ2) is 6.26. The largest absolute Gasteiger partial charge is 0.497 e. The van der Waals surface area contributed by atoms with Crippen molar-refractivity contribution in [3.05, 3.63) is 53.6 Å². The Labute approximate surface area is 137 Å². The molecule has 0 radical (unpaired) electrons. The van der Waals surface area contributed by atoms with Crippen LogP contribution < -0.4 is 14.2 Å². The Bertz CT molecular complexity index is 749. The molecule has 0 aliphatic carbocycles. The van der Waals surface area contributed by atoms with Crippen molar-refractivity contribution in [2.75, 3.05) is 20.3 Å². The first-order chi connectivity index (χ1) is 11.1. The summed E-state index contributed by atoms with van der Waals surface area (Å²) in [5.41, 5.74) is 1.86. The molecular formula is C20H20O3. The molecule has 118 valence electrons. The van der Waals surface area contributed by atoms with Crippen molar-refractivity contribution in [2.45, 2.75) is 13.8 Å². The van der Waals surface area contributed by atoms with E-state index in [0.29, 0.717) is 13.2 Å². The van der Waals surface area contributed by atoms with Crippen LogP contribution in [0.3, 0.4) is 0 Å². The van der Waals surface area contributed by atoms with Crippen LogP contribution in [-0.4, -0.2) is 20.3 Å². The van der Waals surface area contributed by atoms with Crippen LogP contribution in [0.1, 0.15) is 25.0 Å². The van der Waals surface area contributed by atoms with Crippen LogP contribution in [0.15, 0.2) is 42.5 Å². The maximum Gasteiger partial charge on any atom is 0.162 e. The molecule has 0 bridgehead atoms. The molecule has 0 spiro atoms. The Morgan fingerprint density at radius 1 is 0.870 bits per heavy atom. The number of hydrogen-bond acceptors (Lipinski definition) is 3. The zero-order valence-electron chi connectivity index (χ0n) is 13.7. The zero-order chi connectivity index (χ0) is 16.3. The summed E-state index contributed by atoms with van der Waals surface area (Å²) in [6.45, 7) is 5.54. The highest BCUT2D eigenvalue weighted by atomic mass is 16.5. The molecule has 0 aromatic heterocycles. The monoisotopic (exact) mass is 308 g/mol. The van der Waals surface area contributed by atoms with Crippen LogP contribution in [0, 0.1) is 17.3 Å². The number of ether oxygens (including phenoxy) is 3. The Hall–Kier alpha value is -2.60. The van der Waals surface area contributed by atoms with Gasteiger partial charge in [0.15, 0.2) is 11.5 Å². The van der Waals surface area contributed by atoms with E-state index in [4.69, 9.17) is 14.2 Å². The number of benzene rings is 2. The molecule has 0 N–H and O–H groups in total. The van der Waals surface area contributed by atoms with Crippen molar-refractivity contribution in [3.63, 3.8) is 0 Å². The van der Waals surface area contributed by atoms with E-state index in [0.717, 1.165) is 28.4 Å². The second-order valence-electron chi connectivity index (χ2n) is 6.38. The average Bonchev–Trinajstić information content (AvgIpc) is 2.72. The summed E-state index contributed by atoms with van der Waals surface area (Å²) in [7, 11) is 1.65. The van der Waals surface area contributed by atoms with Crippen molar-refractivity contribution in [1.29, 1.82) is 0 Å². The Kier molecular flexibility index (Phi) is 4.16. The molecule has 0 saturated carbocycles. The highest BCUT2D eigenvalue weighted by molar-refractivity contribution is 5.51. The molecule has 0 atom stereocenters. The van der Waals surface area contributed by atoms with E-state index in [-0.39, 0.29) is 5.41 Å². The maximum atomic E-state index is 5.88. The van der Waals surface area contributed by atoms with Gasteiger partial charge in [0, 0.05) is 16.5 Å². The van der Waals surface area contributed by atoms with Gasteiger partial charge in [0.2, 0.25) is 0 Å². The number of rotatable bonds is 1. The summed E-state index contributed by atoms with van der Waals surface area (Å²) < 4.78 is 16.8. The van der Waals surface area contributed by atoms with Gasteiger partial charge in [-0.1, -0.05) is 25.7 Å². The highest BCUT2D eigenvalue weighted by Gasteiger charge is 2.25. The van der Waals surface area contributed by atoms with Crippen LogP contribution in [0.25, 0.3) is 0 Å². The van der Waals surface area contributed by atoms with Crippen LogP contribution >= 0.6 is 0 Å². The lowest BCUT2D eigenvalue weighted by Gasteiger charge is -2.19. The summed E-state index contributed by atoms with van der Waals surface area (Å²) >= 11 is 0. The summed E-state index contributed by atoms with van der Waals surface area (Å²) in [4.78, 5) is 0. The average molecular weight is 308 g/mol. The van der Waals surface area contributed by atoms with Gasteiger partial charge in [0.25, 0.3) is 0 Å². The third kappa shape index (κ3) is 3.78. The Morgan fingerprint density at radius 2 is 1.48 bits per heavy atom. The normalized spacial score (nSPS) is 15.1. The van der Waals surface area contributed by atoms with Gasteiger partial charge in [0.1, 0.15) is 5.75 Å². The molecule has 1 aliphatic rings. The highest BCUT2D eigenvalue weighted by Crippen LogP contribution is 2.34. The van der Waals surface area contributed by atoms with Gasteiger partial charge >= 0.3 is 0 Å². The van der Waals surface area contributed by atoms with Crippen molar-refractivity contribution in [2.24, 2.45) is 5.41 Å².